The summed E-state index contributed by atoms with van der Waals surface area (Å²) in [6.07, 6.45) is 4.46. The lowest BCUT2D eigenvalue weighted by Gasteiger charge is -2.38. The molecule has 0 aromatic heterocycles. The van der Waals surface area contributed by atoms with Gasteiger partial charge in [0.1, 0.15) is 0 Å². The molecule has 0 amide bonds. The van der Waals surface area contributed by atoms with Crippen molar-refractivity contribution in [2.24, 2.45) is 5.92 Å². The second-order valence-corrected chi connectivity index (χ2v) is 3.39. The fourth-order valence-corrected chi connectivity index (χ4v) is 1.86. The predicted octanol–water partition coefficient (Wildman–Crippen LogP) is 2.52. The summed E-state index contributed by atoms with van der Waals surface area (Å²) in [5.74, 6) is 1.11. The van der Waals surface area contributed by atoms with Crippen LogP contribution in [0, 0.1) is 5.92 Å². The number of fused-ring (bicyclic) bond motifs is 3. The molecule has 3 aliphatic heterocycles. The van der Waals surface area contributed by atoms with Gasteiger partial charge in [0.05, 0.1) is 0 Å². The first-order valence-electron chi connectivity index (χ1n) is 5.20. The summed E-state index contributed by atoms with van der Waals surface area (Å²) in [5.41, 5.74) is 0. The Balaban J connectivity index is 0. The molecule has 0 spiro atoms. The van der Waals surface area contributed by atoms with Crippen molar-refractivity contribution in [1.82, 2.24) is 4.90 Å². The zero-order valence-corrected chi connectivity index (χ0v) is 11.6. The van der Waals surface area contributed by atoms with E-state index in [0.717, 1.165) is 5.92 Å². The van der Waals surface area contributed by atoms with Crippen LogP contribution in [0.1, 0.15) is 26.2 Å². The fraction of sp³-hybridized carbons (Fsp3) is 0.818. The Morgan fingerprint density at radius 1 is 1.14 bits per heavy atom. The third-order valence-corrected chi connectivity index (χ3v) is 2.56. The highest BCUT2D eigenvalue weighted by Crippen LogP contribution is 2.26. The van der Waals surface area contributed by atoms with Crippen LogP contribution in [0.3, 0.4) is 0 Å². The Bertz CT molecular complexity index is 90.8. The maximum absolute atomic E-state index is 7.57. The number of hydrogen-bond acceptors (Lipinski definition) is 2. The highest BCUT2D eigenvalue weighted by Gasteiger charge is 2.24. The molecule has 2 bridgehead atoms. The van der Waals surface area contributed by atoms with Crippen LogP contribution in [0.4, 0.5) is 0 Å². The van der Waals surface area contributed by atoms with Crippen molar-refractivity contribution in [3.63, 3.8) is 0 Å². The van der Waals surface area contributed by atoms with E-state index in [2.05, 4.69) is 18.1 Å². The largest absolute Gasteiger partial charge is 0.397 e. The summed E-state index contributed by atoms with van der Waals surface area (Å²) in [4.78, 5) is 2.58. The van der Waals surface area contributed by atoms with Crippen LogP contribution in [-0.4, -0.2) is 36.2 Å². The maximum Gasteiger partial charge on any atom is 0.0402 e. The molecule has 0 unspecified atom stereocenters. The lowest BCUT2D eigenvalue weighted by Crippen LogP contribution is -2.41. The lowest BCUT2D eigenvalue weighted by atomic mass is 9.89. The average Bonchev–Trinajstić information content (AvgIpc) is 2.25. The molecule has 3 saturated heterocycles. The third kappa shape index (κ3) is 6.79. The second kappa shape index (κ2) is 11.5. The van der Waals surface area contributed by atoms with E-state index in [1.807, 2.05) is 0 Å². The number of hydrogen-bond donors (Lipinski definition) is 1. The van der Waals surface area contributed by atoms with Gasteiger partial charge >= 0.3 is 0 Å². The van der Waals surface area contributed by atoms with E-state index in [1.54, 1.807) is 6.92 Å². The molecule has 14 heavy (non-hydrogen) atoms. The summed E-state index contributed by atoms with van der Waals surface area (Å²) >= 11 is 0. The van der Waals surface area contributed by atoms with Crippen molar-refractivity contribution < 1.29 is 5.11 Å². The molecular formula is C11H24INO. The molecule has 3 heteroatoms. The minimum Gasteiger partial charge on any atom is -0.397 e. The van der Waals surface area contributed by atoms with Crippen molar-refractivity contribution in [2.75, 3.05) is 26.2 Å². The van der Waals surface area contributed by atoms with Crippen molar-refractivity contribution in [3.8, 4) is 0 Å². The molecule has 0 aromatic rings. The Labute approximate surface area is 105 Å². The van der Waals surface area contributed by atoms with Gasteiger partial charge in [-0.25, -0.2) is 0 Å². The van der Waals surface area contributed by atoms with Crippen LogP contribution in [0.5, 0.6) is 0 Å². The van der Waals surface area contributed by atoms with Crippen LogP contribution in [0.2, 0.25) is 0 Å². The van der Waals surface area contributed by atoms with Crippen LogP contribution >= 0.6 is 24.0 Å². The molecule has 1 N–H and O–H groups in total. The number of nitrogens with zero attached hydrogens (tertiary/aromatic N) is 1. The fourth-order valence-electron chi connectivity index (χ4n) is 1.86. The number of piperidine rings is 3. The van der Waals surface area contributed by atoms with E-state index in [1.165, 1.54) is 38.9 Å². The van der Waals surface area contributed by atoms with Crippen molar-refractivity contribution in [2.45, 2.75) is 26.2 Å². The molecule has 3 rings (SSSR count). The van der Waals surface area contributed by atoms with Crippen LogP contribution < -0.4 is 0 Å². The van der Waals surface area contributed by atoms with Crippen molar-refractivity contribution >= 4 is 24.0 Å². The Morgan fingerprint density at radius 3 is 1.50 bits per heavy atom. The topological polar surface area (TPSA) is 23.5 Å². The first kappa shape index (κ1) is 16.8. The van der Waals surface area contributed by atoms with Gasteiger partial charge in [0.25, 0.3) is 0 Å². The number of aliphatic hydroxyl groups excluding tert-OH is 1. The Morgan fingerprint density at radius 2 is 1.43 bits per heavy atom. The van der Waals surface area contributed by atoms with E-state index < -0.39 is 0 Å². The van der Waals surface area contributed by atoms with E-state index >= 15 is 0 Å². The molecule has 3 heterocycles. The lowest BCUT2D eigenvalue weighted by molar-refractivity contribution is 0.111. The van der Waals surface area contributed by atoms with Gasteiger partial charge in [-0.1, -0.05) is 0 Å². The van der Waals surface area contributed by atoms with Gasteiger partial charge in [0, 0.05) is 6.61 Å². The number of halogens is 1. The van der Waals surface area contributed by atoms with Crippen molar-refractivity contribution in [1.29, 1.82) is 0 Å². The highest BCUT2D eigenvalue weighted by atomic mass is 127. The van der Waals surface area contributed by atoms with Gasteiger partial charge in [0.15, 0.2) is 0 Å². The van der Waals surface area contributed by atoms with E-state index in [4.69, 9.17) is 5.11 Å². The molecule has 0 aliphatic carbocycles. The summed E-state index contributed by atoms with van der Waals surface area (Å²) in [6, 6.07) is 0. The average molecular weight is 313 g/mol. The molecule has 86 valence electrons. The smallest absolute Gasteiger partial charge is 0.0402 e. The molecular weight excluding hydrogens is 289 g/mol. The summed E-state index contributed by atoms with van der Waals surface area (Å²) in [5, 5.41) is 7.57. The quantitative estimate of drug-likeness (QED) is 0.549. The van der Waals surface area contributed by atoms with Gasteiger partial charge in [-0.15, -0.1) is 37.1 Å². The van der Waals surface area contributed by atoms with E-state index in [9.17, 15) is 0 Å². The molecule has 0 atom stereocenters. The minimum atomic E-state index is 0. The second-order valence-electron chi connectivity index (χ2n) is 3.39. The zero-order chi connectivity index (χ0) is 10.1. The Kier molecular flexibility index (Phi) is 13.8. The van der Waals surface area contributed by atoms with Gasteiger partial charge in [-0.05, 0) is 51.7 Å². The number of aliphatic hydroxyl groups is 1. The summed E-state index contributed by atoms with van der Waals surface area (Å²) < 4.78 is 0. The minimum absolute atomic E-state index is 0. The molecule has 0 aromatic carbocycles. The monoisotopic (exact) mass is 313 g/mol. The van der Waals surface area contributed by atoms with E-state index in [-0.39, 0.29) is 30.6 Å². The number of rotatable bonds is 0. The maximum atomic E-state index is 7.57. The van der Waals surface area contributed by atoms with Crippen LogP contribution in [-0.2, 0) is 0 Å². The predicted molar refractivity (Wildman–Crippen MR) is 73.2 cm³/mol. The molecule has 0 saturated carbocycles. The standard InChI is InChI=1S/C7H13N.C2H6O.C2H4.HI/c1-4-8-5-2-7(1)3-6-8;1-2-3;1-2;/h7H,1-6H2;3H,2H2,1H3;1-2H2;1H. The Hall–Kier alpha value is 0.390. The SMILES string of the molecule is C1CN2CCC1CC2.C=C.CCO.I. The summed E-state index contributed by atoms with van der Waals surface area (Å²) in [7, 11) is 0. The first-order chi connectivity index (χ1) is 6.36. The normalized spacial score (nSPS) is 27.3. The van der Waals surface area contributed by atoms with Gasteiger partial charge < -0.3 is 10.0 Å². The highest BCUT2D eigenvalue weighted by molar-refractivity contribution is 14.0. The van der Waals surface area contributed by atoms with Gasteiger partial charge in [-0.3, -0.25) is 0 Å². The van der Waals surface area contributed by atoms with Crippen molar-refractivity contribution in [3.05, 3.63) is 13.2 Å². The molecule has 3 fully saturated rings. The molecule has 3 aliphatic rings. The zero-order valence-electron chi connectivity index (χ0n) is 9.24. The van der Waals surface area contributed by atoms with Crippen LogP contribution in [0.15, 0.2) is 13.2 Å². The molecule has 2 nitrogen and oxygen atoms in total. The van der Waals surface area contributed by atoms with Gasteiger partial charge in [0.2, 0.25) is 0 Å². The van der Waals surface area contributed by atoms with Crippen LogP contribution in [0.25, 0.3) is 0 Å². The first-order valence-corrected chi connectivity index (χ1v) is 5.20. The summed E-state index contributed by atoms with van der Waals surface area (Å²) in [6.45, 7) is 12.1. The third-order valence-electron chi connectivity index (χ3n) is 2.56. The van der Waals surface area contributed by atoms with Gasteiger partial charge in [-0.2, -0.15) is 0 Å². The van der Waals surface area contributed by atoms with E-state index in [0.29, 0.717) is 0 Å². The molecule has 0 radical (unpaired) electrons.